The molecule has 0 amide bonds. The Morgan fingerprint density at radius 1 is 0.971 bits per heavy atom. The highest BCUT2D eigenvalue weighted by atomic mass is 16.2. The maximum atomic E-state index is 12.8. The number of allylic oxidation sites excluding steroid dienone is 1. The molecular formula is C27H30N6O2. The fraction of sp³-hybridized carbons (Fsp3) is 0.296. The number of benzene rings is 2. The van der Waals surface area contributed by atoms with Crippen LogP contribution in [0.4, 0.5) is 5.95 Å². The number of piperazine rings is 1. The minimum absolute atomic E-state index is 0.407. The average molecular weight is 471 g/mol. The molecule has 2 aromatic heterocycles. The van der Waals surface area contributed by atoms with Crippen molar-refractivity contribution < 1.29 is 0 Å². The van der Waals surface area contributed by atoms with Crippen LogP contribution >= 0.6 is 0 Å². The van der Waals surface area contributed by atoms with Crippen LogP contribution in [-0.4, -0.2) is 50.2 Å². The van der Waals surface area contributed by atoms with Crippen LogP contribution in [0.25, 0.3) is 17.2 Å². The SMILES string of the molecule is Cc1ccccc1CN1CCN(c2nc3c(c(=O)[nH]c(=O)n3C)n2C/C=C/c2ccccc2)CC1. The molecule has 1 N–H and O–H groups in total. The minimum atomic E-state index is -0.457. The summed E-state index contributed by atoms with van der Waals surface area (Å²) in [4.78, 5) is 36.9. The summed E-state index contributed by atoms with van der Waals surface area (Å²) in [6.07, 6.45) is 4.06. The third kappa shape index (κ3) is 4.70. The first-order valence-corrected chi connectivity index (χ1v) is 11.9. The van der Waals surface area contributed by atoms with E-state index in [0.29, 0.717) is 17.7 Å². The van der Waals surface area contributed by atoms with Gasteiger partial charge in [-0.05, 0) is 23.6 Å². The Bertz CT molecular complexity index is 1470. The predicted molar refractivity (Wildman–Crippen MR) is 140 cm³/mol. The third-order valence-electron chi connectivity index (χ3n) is 6.70. The molecule has 8 heteroatoms. The topological polar surface area (TPSA) is 79.2 Å². The second-order valence-corrected chi connectivity index (χ2v) is 9.02. The zero-order chi connectivity index (χ0) is 24.4. The maximum absolute atomic E-state index is 12.8. The smallest absolute Gasteiger partial charge is 0.329 e. The first-order chi connectivity index (χ1) is 17.0. The van der Waals surface area contributed by atoms with Crippen LogP contribution < -0.4 is 16.1 Å². The van der Waals surface area contributed by atoms with Gasteiger partial charge in [0.05, 0.1) is 0 Å². The number of imidazole rings is 1. The van der Waals surface area contributed by atoms with Crippen molar-refractivity contribution in [2.45, 2.75) is 20.0 Å². The maximum Gasteiger partial charge on any atom is 0.329 e. The number of H-pyrrole nitrogens is 1. The van der Waals surface area contributed by atoms with Gasteiger partial charge in [-0.1, -0.05) is 66.7 Å². The molecule has 0 saturated carbocycles. The zero-order valence-electron chi connectivity index (χ0n) is 20.1. The van der Waals surface area contributed by atoms with Crippen molar-refractivity contribution >= 4 is 23.2 Å². The van der Waals surface area contributed by atoms with E-state index in [-0.39, 0.29) is 0 Å². The molecule has 0 atom stereocenters. The summed E-state index contributed by atoms with van der Waals surface area (Å²) in [7, 11) is 1.64. The Morgan fingerprint density at radius 2 is 1.69 bits per heavy atom. The van der Waals surface area contributed by atoms with Gasteiger partial charge in [0.15, 0.2) is 11.2 Å². The number of aromatic nitrogens is 4. The lowest BCUT2D eigenvalue weighted by molar-refractivity contribution is 0.248. The molecule has 0 unspecified atom stereocenters. The van der Waals surface area contributed by atoms with Crippen molar-refractivity contribution in [1.82, 2.24) is 24.0 Å². The molecule has 5 rings (SSSR count). The summed E-state index contributed by atoms with van der Waals surface area (Å²) < 4.78 is 3.33. The van der Waals surface area contributed by atoms with Crippen LogP contribution in [0.15, 0.2) is 70.3 Å². The Balaban J connectivity index is 1.42. The van der Waals surface area contributed by atoms with E-state index in [0.717, 1.165) is 44.2 Å². The molecule has 8 nitrogen and oxygen atoms in total. The normalized spacial score (nSPS) is 14.9. The van der Waals surface area contributed by atoms with Gasteiger partial charge in [-0.3, -0.25) is 19.2 Å². The number of aromatic amines is 1. The van der Waals surface area contributed by atoms with Crippen LogP contribution in [0.5, 0.6) is 0 Å². The van der Waals surface area contributed by atoms with E-state index in [1.165, 1.54) is 15.7 Å². The molecule has 180 valence electrons. The van der Waals surface area contributed by atoms with Crippen LogP contribution in [0.3, 0.4) is 0 Å². The second kappa shape index (κ2) is 9.76. The van der Waals surface area contributed by atoms with Gasteiger partial charge in [-0.25, -0.2) is 4.79 Å². The molecule has 0 bridgehead atoms. The van der Waals surface area contributed by atoms with E-state index in [1.807, 2.05) is 47.1 Å². The fourth-order valence-corrected chi connectivity index (χ4v) is 4.63. The molecule has 1 aliphatic rings. The number of nitrogens with zero attached hydrogens (tertiary/aromatic N) is 5. The molecule has 0 spiro atoms. The van der Waals surface area contributed by atoms with Crippen LogP contribution in [0.1, 0.15) is 16.7 Å². The molecule has 4 aromatic rings. The highest BCUT2D eigenvalue weighted by Crippen LogP contribution is 2.22. The zero-order valence-corrected chi connectivity index (χ0v) is 20.1. The van der Waals surface area contributed by atoms with E-state index >= 15 is 0 Å². The van der Waals surface area contributed by atoms with Gasteiger partial charge >= 0.3 is 5.69 Å². The first-order valence-electron chi connectivity index (χ1n) is 11.9. The lowest BCUT2D eigenvalue weighted by Gasteiger charge is -2.35. The molecule has 1 saturated heterocycles. The Hall–Kier alpha value is -3.91. The second-order valence-electron chi connectivity index (χ2n) is 9.02. The molecule has 0 radical (unpaired) electrons. The summed E-state index contributed by atoms with van der Waals surface area (Å²) in [5, 5.41) is 0. The van der Waals surface area contributed by atoms with Crippen LogP contribution in [0.2, 0.25) is 0 Å². The Kier molecular flexibility index (Phi) is 6.37. The molecule has 3 heterocycles. The molecule has 35 heavy (non-hydrogen) atoms. The van der Waals surface area contributed by atoms with Gasteiger partial charge < -0.3 is 9.47 Å². The largest absolute Gasteiger partial charge is 0.340 e. The van der Waals surface area contributed by atoms with Crippen LogP contribution in [0, 0.1) is 6.92 Å². The van der Waals surface area contributed by atoms with Gasteiger partial charge in [0.1, 0.15) is 0 Å². The molecule has 1 fully saturated rings. The summed E-state index contributed by atoms with van der Waals surface area (Å²) >= 11 is 0. The number of rotatable bonds is 6. The van der Waals surface area contributed by atoms with Gasteiger partial charge in [0.2, 0.25) is 5.95 Å². The van der Waals surface area contributed by atoms with Gasteiger partial charge in [0.25, 0.3) is 5.56 Å². The number of fused-ring (bicyclic) bond motifs is 1. The predicted octanol–water partition coefficient (Wildman–Crippen LogP) is 2.77. The van der Waals surface area contributed by atoms with Gasteiger partial charge in [-0.15, -0.1) is 0 Å². The van der Waals surface area contributed by atoms with Crippen molar-refractivity contribution in [3.63, 3.8) is 0 Å². The number of nitrogens with one attached hydrogen (secondary N) is 1. The summed E-state index contributed by atoms with van der Waals surface area (Å²) in [6.45, 7) is 6.93. The van der Waals surface area contributed by atoms with E-state index in [4.69, 9.17) is 4.98 Å². The Morgan fingerprint density at radius 3 is 2.43 bits per heavy atom. The van der Waals surface area contributed by atoms with E-state index in [2.05, 4.69) is 46.0 Å². The van der Waals surface area contributed by atoms with Gasteiger partial charge in [-0.2, -0.15) is 4.98 Å². The van der Waals surface area contributed by atoms with Crippen molar-refractivity contribution in [2.24, 2.45) is 7.05 Å². The highest BCUT2D eigenvalue weighted by Gasteiger charge is 2.24. The van der Waals surface area contributed by atoms with Crippen molar-refractivity contribution in [1.29, 1.82) is 0 Å². The summed E-state index contributed by atoms with van der Waals surface area (Å²) in [6, 6.07) is 18.5. The monoisotopic (exact) mass is 470 g/mol. The number of hydrogen-bond acceptors (Lipinski definition) is 5. The number of anilines is 1. The van der Waals surface area contributed by atoms with Crippen molar-refractivity contribution in [2.75, 3.05) is 31.1 Å². The number of hydrogen-bond donors (Lipinski definition) is 1. The highest BCUT2D eigenvalue weighted by molar-refractivity contribution is 5.74. The summed E-state index contributed by atoms with van der Waals surface area (Å²) in [5.41, 5.74) is 3.70. The van der Waals surface area contributed by atoms with Crippen molar-refractivity contribution in [3.05, 3.63) is 98.2 Å². The van der Waals surface area contributed by atoms with E-state index in [1.54, 1.807) is 7.05 Å². The first kappa shape index (κ1) is 22.9. The van der Waals surface area contributed by atoms with E-state index in [9.17, 15) is 9.59 Å². The Labute approximate surface area is 203 Å². The molecule has 2 aromatic carbocycles. The lowest BCUT2D eigenvalue weighted by Crippen LogP contribution is -2.47. The lowest BCUT2D eigenvalue weighted by atomic mass is 10.1. The molecular weight excluding hydrogens is 440 g/mol. The summed E-state index contributed by atoms with van der Waals surface area (Å²) in [5.74, 6) is 0.722. The third-order valence-corrected chi connectivity index (χ3v) is 6.70. The fourth-order valence-electron chi connectivity index (χ4n) is 4.63. The quantitative estimate of drug-likeness (QED) is 0.469. The van der Waals surface area contributed by atoms with Crippen molar-refractivity contribution in [3.8, 4) is 0 Å². The molecule has 1 aliphatic heterocycles. The van der Waals surface area contributed by atoms with Gasteiger partial charge in [0, 0.05) is 46.3 Å². The van der Waals surface area contributed by atoms with E-state index < -0.39 is 11.2 Å². The standard InChI is InChI=1S/C27H30N6O2/c1-20-9-6-7-13-22(20)19-31-15-17-32(18-16-31)26-28-24-23(25(34)29-27(35)30(24)2)33(26)14-8-12-21-10-4-3-5-11-21/h3-13H,14-19H2,1-2H3,(H,29,34,35)/b12-8+. The average Bonchev–Trinajstić information content (AvgIpc) is 3.25. The minimum Gasteiger partial charge on any atom is -0.340 e. The number of aryl methyl sites for hydroxylation is 2. The molecule has 0 aliphatic carbocycles. The van der Waals surface area contributed by atoms with Crippen LogP contribution in [-0.2, 0) is 20.1 Å².